The lowest BCUT2D eigenvalue weighted by Crippen LogP contribution is -2.65. The molecule has 2 saturated carbocycles. The predicted molar refractivity (Wildman–Crippen MR) is 141 cm³/mol. The fraction of sp³-hybridized carbons (Fsp3) is 0.519. The Balaban J connectivity index is 1.37. The van der Waals surface area contributed by atoms with E-state index >= 15 is 4.39 Å². The number of likely N-dealkylation sites (tertiary alicyclic amines) is 1. The van der Waals surface area contributed by atoms with E-state index in [0.717, 1.165) is 18.9 Å². The third-order valence-electron chi connectivity index (χ3n) is 8.40. The second kappa shape index (κ2) is 10.4. The van der Waals surface area contributed by atoms with Crippen molar-refractivity contribution in [3.05, 3.63) is 51.7 Å². The quantitative estimate of drug-likeness (QED) is 0.436. The van der Waals surface area contributed by atoms with E-state index < -0.39 is 30.0 Å². The number of hydrogen-bond donors (Lipinski definition) is 4. The zero-order valence-electron chi connectivity index (χ0n) is 21.4. The van der Waals surface area contributed by atoms with Crippen LogP contribution in [0.15, 0.2) is 45.3 Å². The van der Waals surface area contributed by atoms with Gasteiger partial charge in [0.15, 0.2) is 6.17 Å². The van der Waals surface area contributed by atoms with Crippen molar-refractivity contribution < 1.29 is 23.4 Å². The zero-order chi connectivity index (χ0) is 27.2. The molecule has 38 heavy (non-hydrogen) atoms. The highest BCUT2D eigenvalue weighted by Crippen LogP contribution is 2.56. The molecular formula is C27H32ClF2N5O3. The smallest absolute Gasteiger partial charge is 0.258 e. The van der Waals surface area contributed by atoms with E-state index in [0.29, 0.717) is 28.5 Å². The second-order valence-corrected chi connectivity index (χ2v) is 11.1. The van der Waals surface area contributed by atoms with Gasteiger partial charge in [0, 0.05) is 36.1 Å². The van der Waals surface area contributed by atoms with E-state index in [9.17, 15) is 14.3 Å². The van der Waals surface area contributed by atoms with Crippen molar-refractivity contribution in [2.75, 3.05) is 26.2 Å². The molecule has 4 aliphatic rings. The van der Waals surface area contributed by atoms with Crippen LogP contribution in [-0.2, 0) is 0 Å². The number of halogens is 3. The van der Waals surface area contributed by atoms with Gasteiger partial charge in [-0.1, -0.05) is 18.5 Å². The number of amides is 1. The summed E-state index contributed by atoms with van der Waals surface area (Å²) in [4.78, 5) is 19.3. The molecular weight excluding hydrogens is 516 g/mol. The molecule has 2 aliphatic carbocycles. The Kier molecular flexibility index (Phi) is 7.32. The van der Waals surface area contributed by atoms with Crippen LogP contribution in [0.3, 0.4) is 0 Å². The van der Waals surface area contributed by atoms with Crippen LogP contribution >= 0.6 is 11.6 Å². The van der Waals surface area contributed by atoms with Crippen molar-refractivity contribution in [3.8, 4) is 5.75 Å². The minimum absolute atomic E-state index is 0.0153. The van der Waals surface area contributed by atoms with Gasteiger partial charge in [-0.05, 0) is 49.7 Å². The van der Waals surface area contributed by atoms with E-state index in [4.69, 9.17) is 21.7 Å². The van der Waals surface area contributed by atoms with Crippen LogP contribution < -0.4 is 15.4 Å². The van der Waals surface area contributed by atoms with E-state index in [1.807, 2.05) is 0 Å². The summed E-state index contributed by atoms with van der Waals surface area (Å²) >= 11 is 6.06. The van der Waals surface area contributed by atoms with Crippen molar-refractivity contribution in [2.24, 2.45) is 16.3 Å². The van der Waals surface area contributed by atoms with Crippen LogP contribution in [0.5, 0.6) is 5.75 Å². The number of carbonyl (C=O) groups is 1. The highest BCUT2D eigenvalue weighted by Gasteiger charge is 2.57. The number of benzene rings is 1. The lowest BCUT2D eigenvalue weighted by molar-refractivity contribution is -0.113. The van der Waals surface area contributed by atoms with Crippen molar-refractivity contribution in [3.63, 3.8) is 0 Å². The largest absolute Gasteiger partial charge is 0.486 e. The van der Waals surface area contributed by atoms with Gasteiger partial charge in [-0.2, -0.15) is 0 Å². The van der Waals surface area contributed by atoms with Crippen LogP contribution in [0.4, 0.5) is 8.78 Å². The number of aliphatic imine (C=N–C) groups is 1. The Bertz CT molecular complexity index is 1250. The number of aliphatic hydroxyl groups excluding tert-OH is 1. The highest BCUT2D eigenvalue weighted by molar-refractivity contribution is 6.39. The summed E-state index contributed by atoms with van der Waals surface area (Å²) in [5.74, 6) is -0.372. The van der Waals surface area contributed by atoms with Crippen molar-refractivity contribution in [1.29, 1.82) is 5.41 Å². The van der Waals surface area contributed by atoms with Crippen LogP contribution in [-0.4, -0.2) is 72.4 Å². The topological polar surface area (TPSA) is 110 Å². The molecule has 0 spiro atoms. The molecule has 8 nitrogen and oxygen atoms in total. The van der Waals surface area contributed by atoms with Crippen molar-refractivity contribution >= 4 is 29.4 Å². The average Bonchev–Trinajstić information content (AvgIpc) is 3.27. The van der Waals surface area contributed by atoms with Crippen LogP contribution in [0.25, 0.3) is 0 Å². The molecule has 5 rings (SSSR count). The van der Waals surface area contributed by atoms with E-state index in [2.05, 4.69) is 22.5 Å². The molecule has 5 atom stereocenters. The first kappa shape index (κ1) is 26.8. The summed E-state index contributed by atoms with van der Waals surface area (Å²) < 4.78 is 36.2. The Hall–Kier alpha value is -2.82. The summed E-state index contributed by atoms with van der Waals surface area (Å²) in [6, 6.07) is 3.12. The maximum atomic E-state index is 15.8. The van der Waals surface area contributed by atoms with Crippen LogP contribution in [0.1, 0.15) is 43.5 Å². The summed E-state index contributed by atoms with van der Waals surface area (Å²) in [6.45, 7) is 4.18. The van der Waals surface area contributed by atoms with Gasteiger partial charge in [-0.3, -0.25) is 4.79 Å². The number of aliphatic hydroxyl groups is 1. The number of fused-ring (bicyclic) bond motifs is 1. The van der Waals surface area contributed by atoms with Gasteiger partial charge >= 0.3 is 0 Å². The van der Waals surface area contributed by atoms with Gasteiger partial charge in [0.2, 0.25) is 0 Å². The molecule has 0 bridgehead atoms. The fourth-order valence-corrected chi connectivity index (χ4v) is 6.10. The lowest BCUT2D eigenvalue weighted by Gasteiger charge is -2.58. The van der Waals surface area contributed by atoms with E-state index in [-0.39, 0.29) is 54.6 Å². The second-order valence-electron chi connectivity index (χ2n) is 10.7. The third-order valence-corrected chi connectivity index (χ3v) is 8.78. The normalized spacial score (nSPS) is 32.7. The average molecular weight is 548 g/mol. The number of alkyl halides is 1. The first-order chi connectivity index (χ1) is 18.1. The van der Waals surface area contributed by atoms with E-state index in [1.54, 1.807) is 6.92 Å². The Morgan fingerprint density at radius 3 is 2.89 bits per heavy atom. The van der Waals surface area contributed by atoms with Crippen LogP contribution in [0, 0.1) is 22.6 Å². The summed E-state index contributed by atoms with van der Waals surface area (Å²) in [6.07, 6.45) is 1.52. The molecule has 1 aromatic carbocycles. The van der Waals surface area contributed by atoms with Gasteiger partial charge in [-0.25, -0.2) is 13.8 Å². The molecule has 204 valence electrons. The SMILES string of the molecule is CC1=C(Cl)C=N/C(=C2\CN(C(=O)c3ccc(F)cc3O[C@H]3C[C@@H]4CC[C@@]4(C)C(NCCO)C3F)CC2=N)N1. The molecule has 1 aromatic rings. The number of nitrogens with zero attached hydrogens (tertiary/aromatic N) is 2. The zero-order valence-corrected chi connectivity index (χ0v) is 22.1. The maximum Gasteiger partial charge on any atom is 0.258 e. The van der Waals surface area contributed by atoms with Gasteiger partial charge < -0.3 is 30.8 Å². The van der Waals surface area contributed by atoms with E-state index in [1.165, 1.54) is 23.2 Å². The molecule has 2 aliphatic heterocycles. The Morgan fingerprint density at radius 2 is 2.21 bits per heavy atom. The number of hydrogen-bond acceptors (Lipinski definition) is 7. The molecule has 4 N–H and O–H groups in total. The minimum atomic E-state index is -1.40. The molecule has 1 saturated heterocycles. The Labute approximate surface area is 225 Å². The molecule has 0 aromatic heterocycles. The highest BCUT2D eigenvalue weighted by atomic mass is 35.5. The molecule has 3 fully saturated rings. The number of allylic oxidation sites excluding steroid dienone is 2. The summed E-state index contributed by atoms with van der Waals surface area (Å²) in [5.41, 5.74) is 1.35. The van der Waals surface area contributed by atoms with Gasteiger partial charge in [0.05, 0.1) is 36.0 Å². The first-order valence-corrected chi connectivity index (χ1v) is 13.2. The molecule has 1 amide bonds. The molecule has 0 radical (unpaired) electrons. The van der Waals surface area contributed by atoms with Crippen molar-refractivity contribution in [1.82, 2.24) is 15.5 Å². The number of nitrogens with one attached hydrogen (secondary N) is 3. The molecule has 2 heterocycles. The predicted octanol–water partition coefficient (Wildman–Crippen LogP) is 3.51. The fourth-order valence-electron chi connectivity index (χ4n) is 6.00. The molecule has 2 unspecified atom stereocenters. The lowest BCUT2D eigenvalue weighted by atomic mass is 9.51. The van der Waals surface area contributed by atoms with Gasteiger partial charge in [-0.15, -0.1) is 0 Å². The Morgan fingerprint density at radius 1 is 1.42 bits per heavy atom. The summed E-state index contributed by atoms with van der Waals surface area (Å²) in [5, 5.41) is 24.4. The van der Waals surface area contributed by atoms with Crippen molar-refractivity contribution in [2.45, 2.75) is 51.4 Å². The third kappa shape index (κ3) is 4.74. The molecule has 11 heteroatoms. The number of ether oxygens (including phenoxy) is 1. The summed E-state index contributed by atoms with van der Waals surface area (Å²) in [7, 11) is 0. The monoisotopic (exact) mass is 547 g/mol. The van der Waals surface area contributed by atoms with Gasteiger partial charge in [0.1, 0.15) is 23.5 Å². The van der Waals surface area contributed by atoms with Gasteiger partial charge in [0.25, 0.3) is 5.91 Å². The van der Waals surface area contributed by atoms with Crippen LogP contribution in [0.2, 0.25) is 0 Å². The number of carbonyl (C=O) groups excluding carboxylic acids is 1. The first-order valence-electron chi connectivity index (χ1n) is 12.8. The standard InChI is InChI=1S/C27H32ClF2N5O3/c1-14-19(28)11-33-25(34-14)18-12-35(13-20(18)31)26(37)17-4-3-16(29)10-21(17)38-22-9-15-5-6-27(15,2)24(23(22)30)32-7-8-36/h3-4,10-11,15,22-24,31-32,34,36H,5-9,12-13H2,1-2H3/b25-18-,31-20?/t15-,22-,23?,24?,27+/m0/s1. The maximum absolute atomic E-state index is 15.8. The number of rotatable bonds is 6. The minimum Gasteiger partial charge on any atom is -0.486 e.